The number of likely N-dealkylation sites (tertiary alicyclic amines) is 1. The SMILES string of the molecule is Cc1ccc(CNC(=O)C2CCN(C(=O)c3ccc(Sc4ccccn4)cc3)CC2)cc1F. The molecule has 3 aromatic rings. The number of hydrogen-bond donors (Lipinski definition) is 1. The van der Waals surface area contributed by atoms with Gasteiger partial charge in [0, 0.05) is 42.2 Å². The van der Waals surface area contributed by atoms with Crippen LogP contribution in [0.4, 0.5) is 4.39 Å². The smallest absolute Gasteiger partial charge is 0.253 e. The Labute approximate surface area is 197 Å². The first kappa shape index (κ1) is 23.0. The number of pyridine rings is 1. The first-order chi connectivity index (χ1) is 16.0. The molecule has 0 atom stereocenters. The molecule has 0 unspecified atom stereocenters. The molecule has 2 amide bonds. The molecule has 5 nitrogen and oxygen atoms in total. The van der Waals surface area contributed by atoms with Crippen LogP contribution < -0.4 is 5.32 Å². The van der Waals surface area contributed by atoms with Gasteiger partial charge < -0.3 is 10.2 Å². The Morgan fingerprint density at radius 1 is 1.09 bits per heavy atom. The minimum Gasteiger partial charge on any atom is -0.352 e. The number of nitrogens with zero attached hydrogens (tertiary/aromatic N) is 2. The maximum atomic E-state index is 13.7. The topological polar surface area (TPSA) is 62.3 Å². The number of aryl methyl sites for hydroxylation is 1. The minimum atomic E-state index is -0.267. The summed E-state index contributed by atoms with van der Waals surface area (Å²) in [4.78, 5) is 32.6. The highest BCUT2D eigenvalue weighted by Crippen LogP contribution is 2.26. The van der Waals surface area contributed by atoms with Gasteiger partial charge in [0.25, 0.3) is 5.91 Å². The molecule has 0 aliphatic carbocycles. The zero-order valence-electron chi connectivity index (χ0n) is 18.5. The Morgan fingerprint density at radius 3 is 2.52 bits per heavy atom. The van der Waals surface area contributed by atoms with E-state index in [0.717, 1.165) is 15.5 Å². The Kier molecular flexibility index (Phi) is 7.40. The van der Waals surface area contributed by atoms with Crippen LogP contribution in [0.5, 0.6) is 0 Å². The van der Waals surface area contributed by atoms with Gasteiger partial charge in [-0.3, -0.25) is 9.59 Å². The second-order valence-corrected chi connectivity index (χ2v) is 9.26. The van der Waals surface area contributed by atoms with Crippen LogP contribution in [-0.2, 0) is 11.3 Å². The van der Waals surface area contributed by atoms with E-state index >= 15 is 0 Å². The molecule has 7 heteroatoms. The second kappa shape index (κ2) is 10.6. The zero-order valence-corrected chi connectivity index (χ0v) is 19.3. The fraction of sp³-hybridized carbons (Fsp3) is 0.269. The lowest BCUT2D eigenvalue weighted by Gasteiger charge is -2.31. The van der Waals surface area contributed by atoms with Crippen molar-refractivity contribution in [2.45, 2.75) is 36.2 Å². The third-order valence-corrected chi connectivity index (χ3v) is 6.78. The monoisotopic (exact) mass is 463 g/mol. The van der Waals surface area contributed by atoms with Gasteiger partial charge in [-0.05, 0) is 73.4 Å². The van der Waals surface area contributed by atoms with Crippen molar-refractivity contribution < 1.29 is 14.0 Å². The van der Waals surface area contributed by atoms with E-state index < -0.39 is 0 Å². The van der Waals surface area contributed by atoms with Crippen LogP contribution in [0, 0.1) is 18.7 Å². The molecular formula is C26H26FN3O2S. The molecule has 0 saturated carbocycles. The van der Waals surface area contributed by atoms with E-state index in [0.29, 0.717) is 43.6 Å². The predicted octanol–water partition coefficient (Wildman–Crippen LogP) is 4.85. The number of amides is 2. The average molecular weight is 464 g/mol. The molecule has 0 bridgehead atoms. The summed E-state index contributed by atoms with van der Waals surface area (Å²) in [6, 6.07) is 18.3. The Hall–Kier alpha value is -3.19. The number of benzene rings is 2. The molecule has 0 spiro atoms. The first-order valence-electron chi connectivity index (χ1n) is 11.0. The molecule has 2 heterocycles. The van der Waals surface area contributed by atoms with Gasteiger partial charge in [-0.25, -0.2) is 9.37 Å². The van der Waals surface area contributed by atoms with Crippen LogP contribution in [0.2, 0.25) is 0 Å². The maximum Gasteiger partial charge on any atom is 0.253 e. The highest BCUT2D eigenvalue weighted by Gasteiger charge is 2.27. The van der Waals surface area contributed by atoms with Crippen LogP contribution in [-0.4, -0.2) is 34.8 Å². The summed E-state index contributed by atoms with van der Waals surface area (Å²) in [5.74, 6) is -0.462. The van der Waals surface area contributed by atoms with Crippen molar-refractivity contribution in [3.8, 4) is 0 Å². The minimum absolute atomic E-state index is 0.0154. The number of rotatable bonds is 6. The van der Waals surface area contributed by atoms with Gasteiger partial charge in [-0.15, -0.1) is 0 Å². The molecule has 2 aromatic carbocycles. The van der Waals surface area contributed by atoms with Crippen molar-refractivity contribution >= 4 is 23.6 Å². The van der Waals surface area contributed by atoms with Crippen molar-refractivity contribution in [3.05, 3.63) is 89.4 Å². The van der Waals surface area contributed by atoms with Gasteiger partial charge in [-0.1, -0.05) is 30.0 Å². The molecular weight excluding hydrogens is 437 g/mol. The van der Waals surface area contributed by atoms with Crippen molar-refractivity contribution in [1.82, 2.24) is 15.2 Å². The summed E-state index contributed by atoms with van der Waals surface area (Å²) < 4.78 is 13.7. The van der Waals surface area contributed by atoms with Crippen molar-refractivity contribution in [3.63, 3.8) is 0 Å². The number of piperidine rings is 1. The number of halogens is 1. The Balaban J connectivity index is 1.26. The van der Waals surface area contributed by atoms with Gasteiger partial charge in [0.05, 0.1) is 0 Å². The maximum absolute atomic E-state index is 13.7. The number of carbonyl (C=O) groups excluding carboxylic acids is 2. The zero-order chi connectivity index (χ0) is 23.2. The Morgan fingerprint density at radius 2 is 1.85 bits per heavy atom. The van der Waals surface area contributed by atoms with Crippen molar-refractivity contribution in [2.24, 2.45) is 5.92 Å². The molecule has 4 rings (SSSR count). The Bertz CT molecular complexity index is 1110. The fourth-order valence-corrected chi connectivity index (χ4v) is 4.57. The van der Waals surface area contributed by atoms with Crippen molar-refractivity contribution in [2.75, 3.05) is 13.1 Å². The summed E-state index contributed by atoms with van der Waals surface area (Å²) in [7, 11) is 0. The lowest BCUT2D eigenvalue weighted by Crippen LogP contribution is -2.42. The van der Waals surface area contributed by atoms with E-state index in [-0.39, 0.29) is 23.5 Å². The average Bonchev–Trinajstić information content (AvgIpc) is 2.85. The van der Waals surface area contributed by atoms with Crippen LogP contribution in [0.1, 0.15) is 34.3 Å². The first-order valence-corrected chi connectivity index (χ1v) is 11.8. The highest BCUT2D eigenvalue weighted by molar-refractivity contribution is 7.99. The fourth-order valence-electron chi connectivity index (χ4n) is 3.80. The largest absolute Gasteiger partial charge is 0.352 e. The van der Waals surface area contributed by atoms with Gasteiger partial charge in [-0.2, -0.15) is 0 Å². The van der Waals surface area contributed by atoms with Crippen LogP contribution in [0.15, 0.2) is 76.8 Å². The lowest BCUT2D eigenvalue weighted by atomic mass is 9.95. The summed E-state index contributed by atoms with van der Waals surface area (Å²) in [6.07, 6.45) is 2.99. The van der Waals surface area contributed by atoms with E-state index in [9.17, 15) is 14.0 Å². The standard InChI is InChI=1S/C26H26FN3O2S/c1-18-5-6-19(16-23(18)27)17-29-25(31)20-11-14-30(15-12-20)26(32)21-7-9-22(10-8-21)33-24-4-2-3-13-28-24/h2-10,13,16,20H,11-12,14-15,17H2,1H3,(H,29,31). The van der Waals surface area contributed by atoms with Crippen molar-refractivity contribution in [1.29, 1.82) is 0 Å². The van der Waals surface area contributed by atoms with Gasteiger partial charge in [0.15, 0.2) is 0 Å². The number of aromatic nitrogens is 1. The number of carbonyl (C=O) groups is 2. The third kappa shape index (κ3) is 5.99. The summed E-state index contributed by atoms with van der Waals surface area (Å²) in [6.45, 7) is 3.10. The van der Waals surface area contributed by atoms with E-state index in [1.54, 1.807) is 35.8 Å². The summed E-state index contributed by atoms with van der Waals surface area (Å²) >= 11 is 1.55. The number of nitrogens with one attached hydrogen (secondary N) is 1. The molecule has 1 aromatic heterocycles. The molecule has 170 valence electrons. The van der Waals surface area contributed by atoms with Crippen LogP contribution in [0.3, 0.4) is 0 Å². The third-order valence-electron chi connectivity index (χ3n) is 5.82. The molecule has 1 aliphatic heterocycles. The van der Waals surface area contributed by atoms with E-state index in [2.05, 4.69) is 10.3 Å². The number of hydrogen-bond acceptors (Lipinski definition) is 4. The molecule has 0 radical (unpaired) electrons. The summed E-state index contributed by atoms with van der Waals surface area (Å²) in [5, 5.41) is 3.81. The van der Waals surface area contributed by atoms with Gasteiger partial charge >= 0.3 is 0 Å². The van der Waals surface area contributed by atoms with Gasteiger partial charge in [0.2, 0.25) is 5.91 Å². The van der Waals surface area contributed by atoms with Crippen LogP contribution in [0.25, 0.3) is 0 Å². The van der Waals surface area contributed by atoms with E-state index in [4.69, 9.17) is 0 Å². The molecule has 1 fully saturated rings. The normalized spacial score (nSPS) is 14.2. The predicted molar refractivity (Wildman–Crippen MR) is 126 cm³/mol. The molecule has 33 heavy (non-hydrogen) atoms. The quantitative estimate of drug-likeness (QED) is 0.568. The van der Waals surface area contributed by atoms with E-state index in [1.807, 2.05) is 48.5 Å². The second-order valence-electron chi connectivity index (χ2n) is 8.16. The van der Waals surface area contributed by atoms with Gasteiger partial charge in [0.1, 0.15) is 10.8 Å². The van der Waals surface area contributed by atoms with E-state index in [1.165, 1.54) is 6.07 Å². The van der Waals surface area contributed by atoms with Crippen LogP contribution >= 0.6 is 11.8 Å². The lowest BCUT2D eigenvalue weighted by molar-refractivity contribution is -0.126. The summed E-state index contributed by atoms with van der Waals surface area (Å²) in [5.41, 5.74) is 1.97. The highest BCUT2D eigenvalue weighted by atomic mass is 32.2. The molecule has 1 saturated heterocycles. The molecule has 1 aliphatic rings. The molecule has 1 N–H and O–H groups in total.